The monoisotopic (exact) mass is 180 g/mol. The van der Waals surface area contributed by atoms with E-state index in [0.29, 0.717) is 6.54 Å². The third-order valence-corrected chi connectivity index (χ3v) is 1.97. The highest BCUT2D eigenvalue weighted by molar-refractivity contribution is 6.99. The number of nitrogens with one attached hydrogen (secondary N) is 1. The van der Waals surface area contributed by atoms with Crippen LogP contribution in [-0.4, -0.2) is 13.4 Å². The van der Waals surface area contributed by atoms with E-state index >= 15 is 0 Å². The van der Waals surface area contributed by atoms with Crippen molar-refractivity contribution in [3.63, 3.8) is 0 Å². The molecule has 0 amide bonds. The van der Waals surface area contributed by atoms with Crippen molar-refractivity contribution in [3.8, 4) is 0 Å². The van der Waals surface area contributed by atoms with E-state index in [1.807, 2.05) is 29.2 Å². The van der Waals surface area contributed by atoms with Crippen LogP contribution < -0.4 is 5.43 Å². The largest absolute Gasteiger partial charge is 0.320 e. The molecular formula is C7H8N4S. The maximum Gasteiger partial charge on any atom is 0.0950 e. The Morgan fingerprint density at radius 3 is 2.92 bits per heavy atom. The van der Waals surface area contributed by atoms with Crippen LogP contribution in [0.4, 0.5) is 0 Å². The minimum atomic E-state index is 0.713. The average Bonchev–Trinajstić information content (AvgIpc) is 2.74. The normalized spacial score (nSPS) is 10.0. The van der Waals surface area contributed by atoms with Crippen molar-refractivity contribution in [1.82, 2.24) is 13.4 Å². The standard InChI is InChI=1S/C7H8N4S/c1-2-4-11(3-1)8-5-7-6-9-12-10-7/h1-4,6,8H,5H2. The van der Waals surface area contributed by atoms with E-state index in [0.717, 1.165) is 5.69 Å². The average molecular weight is 180 g/mol. The predicted octanol–water partition coefficient (Wildman–Crippen LogP) is 1.08. The molecular weight excluding hydrogens is 172 g/mol. The zero-order valence-electron chi connectivity index (χ0n) is 6.34. The maximum absolute atomic E-state index is 4.07. The molecule has 2 rings (SSSR count). The first kappa shape index (κ1) is 7.30. The zero-order valence-corrected chi connectivity index (χ0v) is 7.16. The Kier molecular flexibility index (Phi) is 2.04. The van der Waals surface area contributed by atoms with Crippen molar-refractivity contribution in [2.45, 2.75) is 6.54 Å². The molecule has 0 fully saturated rings. The van der Waals surface area contributed by atoms with E-state index in [1.165, 1.54) is 11.7 Å². The Labute approximate surface area is 74.2 Å². The Morgan fingerprint density at radius 1 is 1.42 bits per heavy atom. The van der Waals surface area contributed by atoms with Crippen molar-refractivity contribution in [2.75, 3.05) is 5.43 Å². The Balaban J connectivity index is 1.91. The number of aromatic nitrogens is 3. The van der Waals surface area contributed by atoms with E-state index in [1.54, 1.807) is 6.20 Å². The molecule has 0 unspecified atom stereocenters. The second-order valence-electron chi connectivity index (χ2n) is 2.32. The molecule has 2 heterocycles. The summed E-state index contributed by atoms with van der Waals surface area (Å²) in [6.45, 7) is 0.713. The van der Waals surface area contributed by atoms with Gasteiger partial charge in [-0.2, -0.15) is 8.75 Å². The van der Waals surface area contributed by atoms with Crippen LogP contribution in [0.3, 0.4) is 0 Å². The molecule has 12 heavy (non-hydrogen) atoms. The third kappa shape index (κ3) is 1.62. The van der Waals surface area contributed by atoms with Crippen LogP contribution in [0.25, 0.3) is 0 Å². The molecule has 0 aliphatic carbocycles. The minimum absolute atomic E-state index is 0.713. The quantitative estimate of drug-likeness (QED) is 0.768. The van der Waals surface area contributed by atoms with Gasteiger partial charge in [0.1, 0.15) is 0 Å². The van der Waals surface area contributed by atoms with Gasteiger partial charge in [-0.05, 0) is 12.1 Å². The fraction of sp³-hybridized carbons (Fsp3) is 0.143. The molecule has 62 valence electrons. The van der Waals surface area contributed by atoms with Gasteiger partial charge in [-0.1, -0.05) is 0 Å². The number of nitrogens with zero attached hydrogens (tertiary/aromatic N) is 3. The summed E-state index contributed by atoms with van der Waals surface area (Å²) in [5, 5.41) is 0. The molecule has 0 saturated heterocycles. The SMILES string of the molecule is c1ccn(NCc2cnsn2)c1. The van der Waals surface area contributed by atoms with Gasteiger partial charge in [0, 0.05) is 12.4 Å². The maximum atomic E-state index is 4.07. The Morgan fingerprint density at radius 2 is 2.25 bits per heavy atom. The van der Waals surface area contributed by atoms with E-state index in [4.69, 9.17) is 0 Å². The van der Waals surface area contributed by atoms with Gasteiger partial charge in [0.05, 0.1) is 30.2 Å². The van der Waals surface area contributed by atoms with Crippen LogP contribution in [0, 0.1) is 0 Å². The lowest BCUT2D eigenvalue weighted by atomic mass is 10.5. The van der Waals surface area contributed by atoms with Gasteiger partial charge in [-0.15, -0.1) is 0 Å². The first-order valence-electron chi connectivity index (χ1n) is 3.58. The Bertz CT molecular complexity index is 279. The second-order valence-corrected chi connectivity index (χ2v) is 2.88. The lowest BCUT2D eigenvalue weighted by Crippen LogP contribution is -2.11. The van der Waals surface area contributed by atoms with Crippen molar-refractivity contribution in [3.05, 3.63) is 36.4 Å². The van der Waals surface area contributed by atoms with Crippen LogP contribution in [0.2, 0.25) is 0 Å². The van der Waals surface area contributed by atoms with Gasteiger partial charge in [-0.25, -0.2) is 0 Å². The first-order valence-corrected chi connectivity index (χ1v) is 4.31. The lowest BCUT2D eigenvalue weighted by molar-refractivity contribution is 0.836. The highest BCUT2D eigenvalue weighted by Gasteiger charge is 1.93. The van der Waals surface area contributed by atoms with Gasteiger partial charge < -0.3 is 5.43 Å². The predicted molar refractivity (Wildman–Crippen MR) is 47.4 cm³/mol. The van der Waals surface area contributed by atoms with Gasteiger partial charge in [0.2, 0.25) is 0 Å². The van der Waals surface area contributed by atoms with Crippen LogP contribution in [0.5, 0.6) is 0 Å². The zero-order chi connectivity index (χ0) is 8.23. The van der Waals surface area contributed by atoms with Crippen molar-refractivity contribution < 1.29 is 0 Å². The van der Waals surface area contributed by atoms with E-state index < -0.39 is 0 Å². The molecule has 4 nitrogen and oxygen atoms in total. The van der Waals surface area contributed by atoms with Crippen LogP contribution in [0.15, 0.2) is 30.7 Å². The third-order valence-electron chi connectivity index (χ3n) is 1.45. The number of rotatable bonds is 3. The van der Waals surface area contributed by atoms with Crippen molar-refractivity contribution >= 4 is 11.7 Å². The summed E-state index contributed by atoms with van der Waals surface area (Å²) in [6, 6.07) is 3.93. The number of hydrogen-bond donors (Lipinski definition) is 1. The second kappa shape index (κ2) is 3.36. The molecule has 0 aromatic carbocycles. The minimum Gasteiger partial charge on any atom is -0.320 e. The smallest absolute Gasteiger partial charge is 0.0950 e. The highest BCUT2D eigenvalue weighted by atomic mass is 32.1. The highest BCUT2D eigenvalue weighted by Crippen LogP contribution is 1.95. The summed E-state index contributed by atoms with van der Waals surface area (Å²) >= 11 is 1.23. The molecule has 0 spiro atoms. The molecule has 0 atom stereocenters. The number of hydrogen-bond acceptors (Lipinski definition) is 4. The fourth-order valence-corrected chi connectivity index (χ4v) is 1.31. The molecule has 0 aliphatic rings. The Hall–Kier alpha value is -1.36. The fourth-order valence-electron chi connectivity index (χ4n) is 0.874. The van der Waals surface area contributed by atoms with Crippen LogP contribution in [-0.2, 0) is 6.54 Å². The molecule has 2 aromatic heterocycles. The topological polar surface area (TPSA) is 42.7 Å². The summed E-state index contributed by atoms with van der Waals surface area (Å²) in [4.78, 5) is 0. The molecule has 0 radical (unpaired) electrons. The van der Waals surface area contributed by atoms with Gasteiger partial charge in [0.25, 0.3) is 0 Å². The van der Waals surface area contributed by atoms with Gasteiger partial charge >= 0.3 is 0 Å². The molecule has 5 heteroatoms. The van der Waals surface area contributed by atoms with Gasteiger partial charge in [-0.3, -0.25) is 4.68 Å². The molecule has 1 N–H and O–H groups in total. The summed E-state index contributed by atoms with van der Waals surface area (Å²) in [5.74, 6) is 0. The van der Waals surface area contributed by atoms with E-state index in [2.05, 4.69) is 14.2 Å². The lowest BCUT2D eigenvalue weighted by Gasteiger charge is -2.03. The van der Waals surface area contributed by atoms with Crippen molar-refractivity contribution in [2.24, 2.45) is 0 Å². The summed E-state index contributed by atoms with van der Waals surface area (Å²) in [5.41, 5.74) is 4.11. The molecule has 0 aliphatic heterocycles. The van der Waals surface area contributed by atoms with Crippen molar-refractivity contribution in [1.29, 1.82) is 0 Å². The van der Waals surface area contributed by atoms with Crippen LogP contribution in [0.1, 0.15) is 5.69 Å². The van der Waals surface area contributed by atoms with E-state index in [-0.39, 0.29) is 0 Å². The summed E-state index contributed by atoms with van der Waals surface area (Å²) in [7, 11) is 0. The van der Waals surface area contributed by atoms with Gasteiger partial charge in [0.15, 0.2) is 0 Å². The molecule has 0 saturated carbocycles. The molecule has 2 aromatic rings. The van der Waals surface area contributed by atoms with Crippen LogP contribution >= 0.6 is 11.7 Å². The van der Waals surface area contributed by atoms with E-state index in [9.17, 15) is 0 Å². The summed E-state index contributed by atoms with van der Waals surface area (Å²) in [6.07, 6.45) is 5.65. The summed E-state index contributed by atoms with van der Waals surface area (Å²) < 4.78 is 9.86. The molecule has 0 bridgehead atoms. The first-order chi connectivity index (χ1) is 5.95.